The molecule has 0 aliphatic carbocycles. The van der Waals surface area contributed by atoms with Crippen molar-refractivity contribution in [1.82, 2.24) is 10.6 Å². The first-order chi connectivity index (χ1) is 8.16. The molecule has 5 heteroatoms. The molecule has 1 aliphatic rings. The van der Waals surface area contributed by atoms with Crippen LogP contribution < -0.4 is 10.6 Å². The maximum atomic E-state index is 13.4. The molecule has 102 valence electrons. The fraction of sp³-hybridized carbons (Fsp3) is 0.538. The Balaban J connectivity index is 0.00000162. The molecule has 1 fully saturated rings. The smallest absolute Gasteiger partial charge is 0.127 e. The van der Waals surface area contributed by atoms with E-state index in [1.165, 1.54) is 6.07 Å². The summed E-state index contributed by atoms with van der Waals surface area (Å²) in [7, 11) is 0. The van der Waals surface area contributed by atoms with Gasteiger partial charge in [0.15, 0.2) is 0 Å². The van der Waals surface area contributed by atoms with Crippen molar-refractivity contribution in [2.45, 2.75) is 19.6 Å². The van der Waals surface area contributed by atoms with Crippen LogP contribution >= 0.6 is 12.4 Å². The number of rotatable bonds is 4. The average Bonchev–Trinajstić information content (AvgIpc) is 2.70. The molecule has 1 saturated heterocycles. The number of hydrogen-bond donors (Lipinski definition) is 3. The maximum absolute atomic E-state index is 13.4. The van der Waals surface area contributed by atoms with Gasteiger partial charge in [0.2, 0.25) is 0 Å². The number of aliphatic hydroxyl groups is 1. The third-order valence-corrected chi connectivity index (χ3v) is 3.23. The van der Waals surface area contributed by atoms with Crippen LogP contribution in [0.4, 0.5) is 4.39 Å². The quantitative estimate of drug-likeness (QED) is 0.774. The highest BCUT2D eigenvalue weighted by molar-refractivity contribution is 5.85. The van der Waals surface area contributed by atoms with E-state index in [1.807, 2.05) is 13.0 Å². The van der Waals surface area contributed by atoms with Crippen molar-refractivity contribution in [3.05, 3.63) is 35.1 Å². The Labute approximate surface area is 113 Å². The van der Waals surface area contributed by atoms with Gasteiger partial charge in [-0.2, -0.15) is 0 Å². The maximum Gasteiger partial charge on any atom is 0.127 e. The van der Waals surface area contributed by atoms with Gasteiger partial charge in [-0.15, -0.1) is 12.4 Å². The highest BCUT2D eigenvalue weighted by Crippen LogP contribution is 2.11. The zero-order valence-electron chi connectivity index (χ0n) is 10.4. The van der Waals surface area contributed by atoms with Crippen molar-refractivity contribution < 1.29 is 9.50 Å². The van der Waals surface area contributed by atoms with Crippen molar-refractivity contribution in [3.8, 4) is 0 Å². The minimum Gasteiger partial charge on any atom is -0.391 e. The van der Waals surface area contributed by atoms with Gasteiger partial charge < -0.3 is 15.7 Å². The monoisotopic (exact) mass is 274 g/mol. The van der Waals surface area contributed by atoms with E-state index in [2.05, 4.69) is 10.6 Å². The van der Waals surface area contributed by atoms with Crippen molar-refractivity contribution in [1.29, 1.82) is 0 Å². The zero-order valence-corrected chi connectivity index (χ0v) is 11.3. The van der Waals surface area contributed by atoms with Gasteiger partial charge in [-0.3, -0.25) is 0 Å². The Morgan fingerprint density at radius 1 is 1.44 bits per heavy atom. The van der Waals surface area contributed by atoms with E-state index in [0.717, 1.165) is 12.1 Å². The molecular formula is C13H20ClFN2O. The highest BCUT2D eigenvalue weighted by Gasteiger charge is 2.24. The molecule has 1 aromatic carbocycles. The van der Waals surface area contributed by atoms with Crippen LogP contribution in [0.3, 0.4) is 0 Å². The number of aryl methyl sites for hydroxylation is 1. The van der Waals surface area contributed by atoms with Gasteiger partial charge in [0.25, 0.3) is 0 Å². The SMILES string of the molecule is Cc1ccc(F)c(CNCC2CNCC2O)c1.Cl. The van der Waals surface area contributed by atoms with Crippen molar-refractivity contribution in [2.24, 2.45) is 5.92 Å². The average molecular weight is 275 g/mol. The fourth-order valence-electron chi connectivity index (χ4n) is 2.16. The van der Waals surface area contributed by atoms with Gasteiger partial charge in [-0.25, -0.2) is 4.39 Å². The van der Waals surface area contributed by atoms with E-state index in [9.17, 15) is 9.50 Å². The molecule has 0 radical (unpaired) electrons. The minimum absolute atomic E-state index is 0. The number of nitrogens with one attached hydrogen (secondary N) is 2. The Hall–Kier alpha value is -0.680. The number of benzene rings is 1. The predicted octanol–water partition coefficient (Wildman–Crippen LogP) is 1.23. The standard InChI is InChI=1S/C13H19FN2O.ClH/c1-9-2-3-12(14)10(4-9)5-15-6-11-7-16-8-13(11)17;/h2-4,11,13,15-17H,5-8H2,1H3;1H. The van der Waals surface area contributed by atoms with Crippen molar-refractivity contribution in [2.75, 3.05) is 19.6 Å². The third-order valence-electron chi connectivity index (χ3n) is 3.23. The minimum atomic E-state index is -0.287. The second-order valence-corrected chi connectivity index (χ2v) is 4.71. The molecular weight excluding hydrogens is 255 g/mol. The fourth-order valence-corrected chi connectivity index (χ4v) is 2.16. The lowest BCUT2D eigenvalue weighted by atomic mass is 10.1. The topological polar surface area (TPSA) is 44.3 Å². The van der Waals surface area contributed by atoms with Crippen molar-refractivity contribution in [3.63, 3.8) is 0 Å². The predicted molar refractivity (Wildman–Crippen MR) is 72.5 cm³/mol. The Morgan fingerprint density at radius 3 is 2.89 bits per heavy atom. The van der Waals surface area contributed by atoms with Crippen LogP contribution in [0.5, 0.6) is 0 Å². The van der Waals surface area contributed by atoms with Gasteiger partial charge in [0.1, 0.15) is 5.82 Å². The highest BCUT2D eigenvalue weighted by atomic mass is 35.5. The van der Waals surface area contributed by atoms with Crippen LogP contribution in [0.1, 0.15) is 11.1 Å². The normalized spacial score (nSPS) is 22.8. The number of β-amino-alcohol motifs (C(OH)–C–C–N with tert-alkyl or cyclic N) is 1. The summed E-state index contributed by atoms with van der Waals surface area (Å²) in [6.45, 7) is 4.65. The first kappa shape index (κ1) is 15.4. The van der Waals surface area contributed by atoms with Gasteiger partial charge >= 0.3 is 0 Å². The molecule has 1 aromatic rings. The molecule has 18 heavy (non-hydrogen) atoms. The molecule has 0 saturated carbocycles. The van der Waals surface area contributed by atoms with Crippen LogP contribution in [-0.2, 0) is 6.54 Å². The van der Waals surface area contributed by atoms with Crippen LogP contribution in [0.2, 0.25) is 0 Å². The van der Waals surface area contributed by atoms with E-state index in [1.54, 1.807) is 6.07 Å². The van der Waals surface area contributed by atoms with Crippen molar-refractivity contribution >= 4 is 12.4 Å². The van der Waals surface area contributed by atoms with E-state index in [-0.39, 0.29) is 30.2 Å². The molecule has 0 bridgehead atoms. The summed E-state index contributed by atoms with van der Waals surface area (Å²) in [5, 5.41) is 15.9. The van der Waals surface area contributed by atoms with E-state index in [4.69, 9.17) is 0 Å². The summed E-state index contributed by atoms with van der Waals surface area (Å²) in [6, 6.07) is 5.12. The third kappa shape index (κ3) is 3.92. The molecule has 1 heterocycles. The first-order valence-electron chi connectivity index (χ1n) is 6.01. The molecule has 2 rings (SSSR count). The van der Waals surface area contributed by atoms with Gasteiger partial charge in [-0.05, 0) is 13.0 Å². The summed E-state index contributed by atoms with van der Waals surface area (Å²) in [6.07, 6.45) is -0.287. The Morgan fingerprint density at radius 2 is 2.22 bits per heavy atom. The molecule has 0 aromatic heterocycles. The van der Waals surface area contributed by atoms with E-state index >= 15 is 0 Å². The molecule has 0 spiro atoms. The largest absolute Gasteiger partial charge is 0.391 e. The molecule has 3 nitrogen and oxygen atoms in total. The summed E-state index contributed by atoms with van der Waals surface area (Å²) < 4.78 is 13.4. The summed E-state index contributed by atoms with van der Waals surface area (Å²) in [4.78, 5) is 0. The zero-order chi connectivity index (χ0) is 12.3. The first-order valence-corrected chi connectivity index (χ1v) is 6.01. The van der Waals surface area contributed by atoms with Crippen LogP contribution in [0.25, 0.3) is 0 Å². The van der Waals surface area contributed by atoms with E-state index < -0.39 is 0 Å². The molecule has 0 amide bonds. The second kappa shape index (κ2) is 7.04. The molecule has 1 aliphatic heterocycles. The van der Waals surface area contributed by atoms with Gasteiger partial charge in [0.05, 0.1) is 6.10 Å². The number of hydrogen-bond acceptors (Lipinski definition) is 3. The number of halogens is 2. The molecule has 2 unspecified atom stereocenters. The summed E-state index contributed by atoms with van der Waals surface area (Å²) in [5.41, 5.74) is 1.75. The summed E-state index contributed by atoms with van der Waals surface area (Å²) >= 11 is 0. The summed E-state index contributed by atoms with van der Waals surface area (Å²) in [5.74, 6) is 0.0519. The Bertz CT molecular complexity index is 389. The van der Waals surface area contributed by atoms with Crippen LogP contribution in [0, 0.1) is 18.7 Å². The van der Waals surface area contributed by atoms with Gasteiger partial charge in [-0.1, -0.05) is 17.7 Å². The Kier molecular flexibility index (Phi) is 6.02. The van der Waals surface area contributed by atoms with E-state index in [0.29, 0.717) is 25.2 Å². The lowest BCUT2D eigenvalue weighted by molar-refractivity contribution is 0.146. The molecule has 3 N–H and O–H groups in total. The second-order valence-electron chi connectivity index (χ2n) is 4.71. The number of aliphatic hydroxyl groups excluding tert-OH is 1. The molecule has 2 atom stereocenters. The van der Waals surface area contributed by atoms with Crippen LogP contribution in [-0.4, -0.2) is 30.8 Å². The van der Waals surface area contributed by atoms with Crippen LogP contribution in [0.15, 0.2) is 18.2 Å². The van der Waals surface area contributed by atoms with Gasteiger partial charge in [0, 0.05) is 37.7 Å². The lowest BCUT2D eigenvalue weighted by Gasteiger charge is -2.14. The lowest BCUT2D eigenvalue weighted by Crippen LogP contribution is -2.30.